The van der Waals surface area contributed by atoms with Gasteiger partial charge in [-0.2, -0.15) is 0 Å². The van der Waals surface area contributed by atoms with Crippen LogP contribution in [-0.4, -0.2) is 22.6 Å². The van der Waals surface area contributed by atoms with Crippen molar-refractivity contribution in [3.63, 3.8) is 0 Å². The van der Waals surface area contributed by atoms with Gasteiger partial charge >= 0.3 is 0 Å². The van der Waals surface area contributed by atoms with E-state index in [0.717, 1.165) is 45.2 Å². The Kier molecular flexibility index (Phi) is 10.5. The molecule has 0 radical (unpaired) electrons. The Balaban J connectivity index is 0.959. The van der Waals surface area contributed by atoms with Crippen molar-refractivity contribution in [2.45, 2.75) is 0 Å². The molecule has 0 fully saturated rings. The second kappa shape index (κ2) is 19.1. The van der Waals surface area contributed by atoms with E-state index >= 15 is 0 Å². The highest BCUT2D eigenvalue weighted by Gasteiger charge is 2.51. The molecule has 0 aliphatic carbocycles. The molecule has 17 aromatic rings. The van der Waals surface area contributed by atoms with Gasteiger partial charge in [0.05, 0.1) is 44.8 Å². The van der Waals surface area contributed by atoms with E-state index in [1.807, 2.05) is 22.7 Å². The molecule has 0 spiro atoms. The third-order valence-electron chi connectivity index (χ3n) is 19.9. The van der Waals surface area contributed by atoms with E-state index in [1.165, 1.54) is 130 Å². The number of aromatic nitrogens is 2. The SMILES string of the molecule is c1ccc(N2c3cc4c(cc3B3c5sc6ccccc6c5N(c5ccccc5)c5c3c2cc2c5c3ccccc3n2-c2ccccc2)B2c3sc5ccccc5c3N(c3ccccc3)c3c2c(cc2c3c3ccccc3n2-c2ccccc2)N4c2ccccc2)cc1. The van der Waals surface area contributed by atoms with Crippen molar-refractivity contribution in [2.24, 2.45) is 0 Å². The number of benzene rings is 13. The minimum Gasteiger partial charge on any atom is -0.311 e. The molecule has 13 aromatic carbocycles. The number of anilines is 12. The van der Waals surface area contributed by atoms with Crippen molar-refractivity contribution in [1.82, 2.24) is 9.13 Å². The molecule has 426 valence electrons. The van der Waals surface area contributed by atoms with Crippen LogP contribution in [0, 0.1) is 0 Å². The Morgan fingerprint density at radius 1 is 0.239 bits per heavy atom. The van der Waals surface area contributed by atoms with Gasteiger partial charge in [0.1, 0.15) is 0 Å². The lowest BCUT2D eigenvalue weighted by atomic mass is 9.32. The summed E-state index contributed by atoms with van der Waals surface area (Å²) in [7, 11) is 0. The number of para-hydroxylation sites is 8. The molecule has 0 unspecified atom stereocenters. The first-order valence-corrected chi connectivity index (χ1v) is 33.3. The third kappa shape index (κ3) is 6.78. The van der Waals surface area contributed by atoms with Gasteiger partial charge in [0.25, 0.3) is 13.4 Å². The smallest absolute Gasteiger partial charge is 0.264 e. The van der Waals surface area contributed by atoms with Crippen LogP contribution in [0.5, 0.6) is 0 Å². The Morgan fingerprint density at radius 2 is 0.554 bits per heavy atom. The zero-order chi connectivity index (χ0) is 59.9. The summed E-state index contributed by atoms with van der Waals surface area (Å²) >= 11 is 3.92. The van der Waals surface area contributed by atoms with E-state index in [2.05, 4.69) is 332 Å². The van der Waals surface area contributed by atoms with Crippen LogP contribution >= 0.6 is 22.7 Å². The largest absolute Gasteiger partial charge is 0.311 e. The molecule has 21 rings (SSSR count). The fourth-order valence-electron chi connectivity index (χ4n) is 16.5. The predicted molar refractivity (Wildman–Crippen MR) is 394 cm³/mol. The molecular weight excluding hydrogens is 1150 g/mol. The summed E-state index contributed by atoms with van der Waals surface area (Å²) in [6.45, 7) is -0.334. The summed E-state index contributed by atoms with van der Waals surface area (Å²) < 4.78 is 10.3. The lowest BCUT2D eigenvalue weighted by molar-refractivity contribution is 1.17. The van der Waals surface area contributed by atoms with Crippen LogP contribution in [0.2, 0.25) is 0 Å². The zero-order valence-corrected chi connectivity index (χ0v) is 51.2. The number of rotatable bonds is 6. The molecule has 0 N–H and O–H groups in total. The van der Waals surface area contributed by atoms with E-state index in [-0.39, 0.29) is 13.4 Å². The van der Waals surface area contributed by atoms with Crippen LogP contribution in [0.3, 0.4) is 0 Å². The van der Waals surface area contributed by atoms with Crippen molar-refractivity contribution < 1.29 is 0 Å². The fourth-order valence-corrected chi connectivity index (χ4v) is 19.1. The summed E-state index contributed by atoms with van der Waals surface area (Å²) in [5, 5.41) is 7.44. The van der Waals surface area contributed by atoms with Crippen LogP contribution in [-0.2, 0) is 0 Å². The second-order valence-corrected chi connectivity index (χ2v) is 26.8. The van der Waals surface area contributed by atoms with Gasteiger partial charge in [-0.1, -0.05) is 188 Å². The highest BCUT2D eigenvalue weighted by atomic mass is 32.1. The quantitative estimate of drug-likeness (QED) is 0.155. The molecule has 0 saturated carbocycles. The lowest BCUT2D eigenvalue weighted by Gasteiger charge is -2.46. The molecule has 0 atom stereocenters. The second-order valence-electron chi connectivity index (χ2n) is 24.6. The van der Waals surface area contributed by atoms with Crippen LogP contribution in [0.15, 0.2) is 303 Å². The maximum Gasteiger partial charge on any atom is 0.264 e. The molecule has 4 aliphatic heterocycles. The first kappa shape index (κ1) is 50.6. The standard InChI is InChI=1S/C82H50B2N6S2/c1-7-27-51(28-8-1)85-63-43-23-19-39-57(63)73-67(85)49-69-75-79(73)89(55-35-15-5-16-36-55)77-59-41-21-25-45-71(59)91-81(77)83(75)61-47-62-66(48-65(61)87(69)53-31-11-3-12-32-53)88(54-33-13-4-14-34-54)70-50-68-74(58-40-20-24-44-64(58)86(68)52-29-9-2-10-30-52)80-76(70)84(62)82-78(60-42-22-26-46-72(60)92-82)90(80)56-37-17-6-18-38-56/h1-50H. The Bertz CT molecular complexity index is 5570. The van der Waals surface area contributed by atoms with Gasteiger partial charge in [-0.25, -0.2) is 0 Å². The minimum atomic E-state index is -0.167. The van der Waals surface area contributed by atoms with E-state index in [1.54, 1.807) is 0 Å². The number of fused-ring (bicyclic) bond motifs is 20. The molecule has 0 saturated heterocycles. The Morgan fingerprint density at radius 3 is 0.935 bits per heavy atom. The predicted octanol–water partition coefficient (Wildman–Crippen LogP) is 18.5. The molecule has 4 aliphatic rings. The van der Waals surface area contributed by atoms with Crippen molar-refractivity contribution in [3.8, 4) is 11.4 Å². The topological polar surface area (TPSA) is 22.8 Å². The fraction of sp³-hybridized carbons (Fsp3) is 0. The summed E-state index contributed by atoms with van der Waals surface area (Å²) in [5.74, 6) is 0. The molecule has 0 bridgehead atoms. The summed E-state index contributed by atoms with van der Waals surface area (Å²) in [5.41, 5.74) is 26.2. The Hall–Kier alpha value is -11.3. The average molecular weight is 1210 g/mol. The van der Waals surface area contributed by atoms with Gasteiger partial charge < -0.3 is 28.7 Å². The van der Waals surface area contributed by atoms with E-state index in [4.69, 9.17) is 0 Å². The third-order valence-corrected chi connectivity index (χ3v) is 22.4. The molecule has 10 heteroatoms. The summed E-state index contributed by atoms with van der Waals surface area (Å²) in [4.78, 5) is 10.6. The van der Waals surface area contributed by atoms with Crippen molar-refractivity contribution >= 4 is 200 Å². The first-order chi connectivity index (χ1) is 45.7. The molecule has 4 aromatic heterocycles. The molecule has 92 heavy (non-hydrogen) atoms. The van der Waals surface area contributed by atoms with Gasteiger partial charge in [-0.3, -0.25) is 0 Å². The van der Waals surface area contributed by atoms with Gasteiger partial charge in [0.2, 0.25) is 0 Å². The Labute approximate surface area is 539 Å². The highest BCUT2D eigenvalue weighted by Crippen LogP contribution is 2.56. The highest BCUT2D eigenvalue weighted by molar-refractivity contribution is 7.35. The number of hydrogen-bond acceptors (Lipinski definition) is 6. The van der Waals surface area contributed by atoms with Crippen LogP contribution in [0.25, 0.3) is 75.2 Å². The zero-order valence-electron chi connectivity index (χ0n) is 49.5. The number of thiophene rings is 2. The molecular formula is C82H50B2N6S2. The van der Waals surface area contributed by atoms with Gasteiger partial charge in [-0.05, 0) is 137 Å². The normalized spacial score (nSPS) is 13.5. The minimum absolute atomic E-state index is 0.167. The maximum absolute atomic E-state index is 2.71. The number of nitrogens with zero attached hydrogens (tertiary/aromatic N) is 6. The van der Waals surface area contributed by atoms with Crippen LogP contribution in [0.1, 0.15) is 0 Å². The first-order valence-electron chi connectivity index (χ1n) is 31.7. The van der Waals surface area contributed by atoms with E-state index in [9.17, 15) is 0 Å². The van der Waals surface area contributed by atoms with Crippen molar-refractivity contribution in [1.29, 1.82) is 0 Å². The average Bonchev–Trinajstić information content (AvgIpc) is 1.40. The number of hydrogen-bond donors (Lipinski definition) is 0. The van der Waals surface area contributed by atoms with Crippen molar-refractivity contribution in [3.05, 3.63) is 303 Å². The van der Waals surface area contributed by atoms with E-state index in [0.29, 0.717) is 0 Å². The summed E-state index contributed by atoms with van der Waals surface area (Å²) in [6, 6.07) is 114. The molecule has 8 heterocycles. The monoisotopic (exact) mass is 1200 g/mol. The molecule has 6 nitrogen and oxygen atoms in total. The van der Waals surface area contributed by atoms with E-state index < -0.39 is 0 Å². The summed E-state index contributed by atoms with van der Waals surface area (Å²) in [6.07, 6.45) is 0. The van der Waals surface area contributed by atoms with Crippen LogP contribution in [0.4, 0.5) is 68.2 Å². The van der Waals surface area contributed by atoms with Crippen LogP contribution < -0.4 is 51.0 Å². The van der Waals surface area contributed by atoms with Crippen molar-refractivity contribution in [2.75, 3.05) is 19.6 Å². The van der Waals surface area contributed by atoms with Gasteiger partial charge in [0, 0.05) is 108 Å². The van der Waals surface area contributed by atoms with Gasteiger partial charge in [0.15, 0.2) is 0 Å². The lowest BCUT2D eigenvalue weighted by Crippen LogP contribution is -2.64. The van der Waals surface area contributed by atoms with Gasteiger partial charge in [-0.15, -0.1) is 22.7 Å². The molecule has 0 amide bonds. The maximum atomic E-state index is 2.71.